The van der Waals surface area contributed by atoms with Crippen LogP contribution in [-0.4, -0.2) is 22.5 Å². The largest absolute Gasteiger partial charge is 0.399 e. The number of anilines is 2. The summed E-state index contributed by atoms with van der Waals surface area (Å²) in [4.78, 5) is 16.1. The fourth-order valence-electron chi connectivity index (χ4n) is 3.13. The first kappa shape index (κ1) is 15.3. The molecular formula is C21H16N6. The molecule has 0 spiro atoms. The Morgan fingerprint density at radius 3 is 2.11 bits per heavy atom. The van der Waals surface area contributed by atoms with Gasteiger partial charge in [-0.3, -0.25) is 4.90 Å². The number of aliphatic imine (C=N–C) groups is 3. The van der Waals surface area contributed by atoms with Crippen molar-refractivity contribution >= 4 is 34.7 Å². The Balaban J connectivity index is 1.63. The third kappa shape index (κ3) is 2.64. The molecule has 6 nitrogen and oxygen atoms in total. The summed E-state index contributed by atoms with van der Waals surface area (Å²) >= 11 is 0. The molecule has 0 saturated carbocycles. The second kappa shape index (κ2) is 5.81. The van der Waals surface area contributed by atoms with Crippen molar-refractivity contribution in [3.8, 4) is 0 Å². The minimum atomic E-state index is 0.594. The van der Waals surface area contributed by atoms with Crippen LogP contribution >= 0.6 is 0 Å². The lowest BCUT2D eigenvalue weighted by Gasteiger charge is -2.32. The smallest absolute Gasteiger partial charge is 0.238 e. The molecule has 2 aromatic rings. The van der Waals surface area contributed by atoms with E-state index in [9.17, 15) is 0 Å². The number of guanidine groups is 1. The van der Waals surface area contributed by atoms with Gasteiger partial charge in [-0.05, 0) is 54.6 Å². The van der Waals surface area contributed by atoms with Crippen LogP contribution in [0.25, 0.3) is 5.70 Å². The second-order valence-electron chi connectivity index (χ2n) is 6.38. The van der Waals surface area contributed by atoms with Crippen LogP contribution in [0.15, 0.2) is 93.5 Å². The number of amidine groups is 2. The van der Waals surface area contributed by atoms with Crippen molar-refractivity contribution in [3.05, 3.63) is 89.7 Å². The lowest BCUT2D eigenvalue weighted by molar-refractivity contribution is 0.750. The highest BCUT2D eigenvalue weighted by atomic mass is 15.4. The minimum Gasteiger partial charge on any atom is -0.399 e. The fraction of sp³-hybridized carbons (Fsp3) is 0. The Labute approximate surface area is 156 Å². The van der Waals surface area contributed by atoms with Gasteiger partial charge in [0.2, 0.25) is 5.96 Å². The van der Waals surface area contributed by atoms with Crippen molar-refractivity contribution in [2.24, 2.45) is 15.0 Å². The Bertz CT molecular complexity index is 1070. The maximum absolute atomic E-state index is 5.81. The van der Waals surface area contributed by atoms with Crippen LogP contribution in [0.3, 0.4) is 0 Å². The summed E-state index contributed by atoms with van der Waals surface area (Å²) < 4.78 is 0. The molecule has 0 saturated heterocycles. The Morgan fingerprint density at radius 2 is 1.41 bits per heavy atom. The average molecular weight is 352 g/mol. The summed E-state index contributed by atoms with van der Waals surface area (Å²) in [6, 6.07) is 15.2. The van der Waals surface area contributed by atoms with E-state index < -0.39 is 0 Å². The predicted molar refractivity (Wildman–Crippen MR) is 110 cm³/mol. The topological polar surface area (TPSA) is 92.4 Å². The lowest BCUT2D eigenvalue weighted by Crippen LogP contribution is -2.40. The molecule has 0 atom stereocenters. The van der Waals surface area contributed by atoms with Crippen LogP contribution in [0, 0.1) is 0 Å². The van der Waals surface area contributed by atoms with Crippen LogP contribution in [0.4, 0.5) is 11.4 Å². The van der Waals surface area contributed by atoms with Crippen molar-refractivity contribution in [1.82, 2.24) is 4.90 Å². The van der Waals surface area contributed by atoms with E-state index in [1.807, 2.05) is 77.7 Å². The highest BCUT2D eigenvalue weighted by Crippen LogP contribution is 2.30. The molecule has 0 fully saturated rings. The predicted octanol–water partition coefficient (Wildman–Crippen LogP) is 3.18. The van der Waals surface area contributed by atoms with Crippen LogP contribution in [-0.2, 0) is 0 Å². The van der Waals surface area contributed by atoms with Gasteiger partial charge in [-0.15, -0.1) is 0 Å². The zero-order valence-electron chi connectivity index (χ0n) is 14.4. The van der Waals surface area contributed by atoms with Crippen LogP contribution in [0.5, 0.6) is 0 Å². The molecule has 4 N–H and O–H groups in total. The molecule has 27 heavy (non-hydrogen) atoms. The van der Waals surface area contributed by atoms with Crippen molar-refractivity contribution in [1.29, 1.82) is 0 Å². The second-order valence-corrected chi connectivity index (χ2v) is 6.38. The maximum Gasteiger partial charge on any atom is 0.238 e. The van der Waals surface area contributed by atoms with Crippen LogP contribution < -0.4 is 11.5 Å². The van der Waals surface area contributed by atoms with E-state index in [1.165, 1.54) is 0 Å². The summed E-state index contributed by atoms with van der Waals surface area (Å²) in [5.41, 5.74) is 16.7. The van der Waals surface area contributed by atoms with Gasteiger partial charge in [-0.25, -0.2) is 9.98 Å². The number of rotatable bonds is 2. The van der Waals surface area contributed by atoms with Crippen LogP contribution in [0.2, 0.25) is 0 Å². The molecule has 0 bridgehead atoms. The number of hydrogen-bond donors (Lipinski definition) is 2. The van der Waals surface area contributed by atoms with Gasteiger partial charge in [0.15, 0.2) is 5.84 Å². The van der Waals surface area contributed by atoms with Gasteiger partial charge in [0.1, 0.15) is 5.84 Å². The highest BCUT2D eigenvalue weighted by molar-refractivity contribution is 6.23. The number of nitrogen functional groups attached to an aromatic ring is 2. The van der Waals surface area contributed by atoms with Gasteiger partial charge in [0, 0.05) is 22.5 Å². The molecule has 0 unspecified atom stereocenters. The number of nitrogens with two attached hydrogens (primary N) is 2. The van der Waals surface area contributed by atoms with Gasteiger partial charge >= 0.3 is 0 Å². The summed E-state index contributed by atoms with van der Waals surface area (Å²) in [6.45, 7) is 0. The first-order valence-electron chi connectivity index (χ1n) is 8.55. The molecule has 2 aromatic carbocycles. The molecule has 0 aliphatic carbocycles. The zero-order chi connectivity index (χ0) is 18.4. The first-order chi connectivity index (χ1) is 13.2. The van der Waals surface area contributed by atoms with E-state index in [0.717, 1.165) is 34.0 Å². The van der Waals surface area contributed by atoms with Crippen LogP contribution in [0.1, 0.15) is 11.1 Å². The Hall–Kier alpha value is -3.93. The van der Waals surface area contributed by atoms with Crippen molar-refractivity contribution in [3.63, 3.8) is 0 Å². The average Bonchev–Trinajstić information content (AvgIpc) is 2.69. The molecule has 0 amide bonds. The molecule has 0 radical (unpaired) electrons. The minimum absolute atomic E-state index is 0.594. The van der Waals surface area contributed by atoms with E-state index in [4.69, 9.17) is 26.4 Å². The fourth-order valence-corrected chi connectivity index (χ4v) is 3.13. The molecular weight excluding hydrogens is 336 g/mol. The summed E-state index contributed by atoms with van der Waals surface area (Å²) in [6.07, 6.45) is 7.98. The first-order valence-corrected chi connectivity index (χ1v) is 8.55. The third-order valence-electron chi connectivity index (χ3n) is 4.51. The van der Waals surface area contributed by atoms with E-state index in [-0.39, 0.29) is 0 Å². The molecule has 5 rings (SSSR count). The van der Waals surface area contributed by atoms with E-state index in [1.54, 1.807) is 0 Å². The van der Waals surface area contributed by atoms with Gasteiger partial charge in [0.05, 0.1) is 11.4 Å². The SMILES string of the molecule is Nc1ccc(C2=CC3=CC=CC4=NC(c5ccc(N)cc5)=NC(=N2)N34)cc1. The lowest BCUT2D eigenvalue weighted by atomic mass is 10.1. The summed E-state index contributed by atoms with van der Waals surface area (Å²) in [5.74, 6) is 2.00. The standard InChI is InChI=1S/C21H16N6/c22-15-8-4-13(5-9-15)18-12-17-2-1-3-19-25-20(26-21(24-18)27(17)19)14-6-10-16(23)11-7-14/h1-12H,22-23H2. The monoisotopic (exact) mass is 352 g/mol. The molecule has 6 heteroatoms. The molecule has 3 aliphatic rings. The zero-order valence-corrected chi connectivity index (χ0v) is 14.4. The number of hydrogen-bond acceptors (Lipinski definition) is 6. The quantitative estimate of drug-likeness (QED) is 0.813. The third-order valence-corrected chi connectivity index (χ3v) is 4.51. The van der Waals surface area contributed by atoms with Gasteiger partial charge in [-0.2, -0.15) is 4.99 Å². The van der Waals surface area contributed by atoms with Gasteiger partial charge < -0.3 is 11.5 Å². The number of benzene rings is 2. The van der Waals surface area contributed by atoms with E-state index >= 15 is 0 Å². The normalized spacial score (nSPS) is 17.3. The van der Waals surface area contributed by atoms with E-state index in [0.29, 0.717) is 17.5 Å². The Kier molecular flexibility index (Phi) is 3.30. The van der Waals surface area contributed by atoms with Gasteiger partial charge in [0.25, 0.3) is 0 Å². The molecule has 3 aliphatic heterocycles. The van der Waals surface area contributed by atoms with E-state index in [2.05, 4.69) is 0 Å². The van der Waals surface area contributed by atoms with Crippen molar-refractivity contribution in [2.45, 2.75) is 0 Å². The molecule has 0 aromatic heterocycles. The Morgan fingerprint density at radius 1 is 0.741 bits per heavy atom. The van der Waals surface area contributed by atoms with Crippen molar-refractivity contribution in [2.75, 3.05) is 11.5 Å². The van der Waals surface area contributed by atoms with Gasteiger partial charge in [-0.1, -0.05) is 18.2 Å². The van der Waals surface area contributed by atoms with Crippen molar-refractivity contribution < 1.29 is 0 Å². The highest BCUT2D eigenvalue weighted by Gasteiger charge is 2.29. The molecule has 3 heterocycles. The summed E-state index contributed by atoms with van der Waals surface area (Å²) in [7, 11) is 0. The summed E-state index contributed by atoms with van der Waals surface area (Å²) in [5, 5.41) is 0. The maximum atomic E-state index is 5.81. The number of nitrogens with zero attached hydrogens (tertiary/aromatic N) is 4. The molecule has 130 valence electrons. The number of allylic oxidation sites excluding steroid dienone is 3.